The van der Waals surface area contributed by atoms with E-state index in [0.29, 0.717) is 28.2 Å². The van der Waals surface area contributed by atoms with Gasteiger partial charge in [-0.05, 0) is 18.9 Å². The highest BCUT2D eigenvalue weighted by molar-refractivity contribution is 6.02. The number of hydrogen-bond donors (Lipinski definition) is 1. The molecule has 0 saturated carbocycles. The molecule has 0 saturated heterocycles. The molecule has 0 bridgehead atoms. The summed E-state index contributed by atoms with van der Waals surface area (Å²) in [6.07, 6.45) is 5.03. The van der Waals surface area contributed by atoms with Crippen molar-refractivity contribution in [2.75, 3.05) is 0 Å². The van der Waals surface area contributed by atoms with E-state index in [-0.39, 0.29) is 11.6 Å². The third kappa shape index (κ3) is 2.41. The Kier molecular flexibility index (Phi) is 3.71. The Morgan fingerprint density at radius 1 is 1.14 bits per heavy atom. The summed E-state index contributed by atoms with van der Waals surface area (Å²) in [5.41, 5.74) is 2.31. The van der Waals surface area contributed by atoms with Crippen molar-refractivity contribution in [1.82, 2.24) is 34.3 Å². The molecule has 0 spiro atoms. The predicted molar refractivity (Wildman–Crippen MR) is 106 cm³/mol. The first kappa shape index (κ1) is 16.6. The first-order valence-corrected chi connectivity index (χ1v) is 9.36. The number of aromatic amines is 1. The molecule has 0 aliphatic heterocycles. The molecule has 5 aromatic rings. The van der Waals surface area contributed by atoms with Crippen LogP contribution in [-0.2, 0) is 6.42 Å². The molecular formula is C20H19N7O. The van der Waals surface area contributed by atoms with E-state index in [1.54, 1.807) is 16.9 Å². The summed E-state index contributed by atoms with van der Waals surface area (Å²) >= 11 is 0. The first-order valence-electron chi connectivity index (χ1n) is 9.36. The van der Waals surface area contributed by atoms with E-state index in [9.17, 15) is 4.79 Å². The summed E-state index contributed by atoms with van der Waals surface area (Å²) in [6, 6.07) is 10.1. The fourth-order valence-corrected chi connectivity index (χ4v) is 3.62. The van der Waals surface area contributed by atoms with Crippen LogP contribution in [0.4, 0.5) is 0 Å². The molecule has 1 atom stereocenters. The normalized spacial score (nSPS) is 12.9. The van der Waals surface area contributed by atoms with Crippen LogP contribution in [-0.4, -0.2) is 34.3 Å². The largest absolute Gasteiger partial charge is 0.290 e. The van der Waals surface area contributed by atoms with Gasteiger partial charge in [-0.2, -0.15) is 14.6 Å². The lowest BCUT2D eigenvalue weighted by Gasteiger charge is -2.13. The molecule has 4 heterocycles. The monoisotopic (exact) mass is 373 g/mol. The van der Waals surface area contributed by atoms with Crippen molar-refractivity contribution in [2.45, 2.75) is 32.7 Å². The number of hydrogen-bond acceptors (Lipinski definition) is 5. The minimum atomic E-state index is -0.226. The van der Waals surface area contributed by atoms with E-state index < -0.39 is 0 Å². The maximum Gasteiger partial charge on any atom is 0.261 e. The van der Waals surface area contributed by atoms with Gasteiger partial charge < -0.3 is 0 Å². The van der Waals surface area contributed by atoms with Crippen molar-refractivity contribution in [3.8, 4) is 0 Å². The second-order valence-electron chi connectivity index (χ2n) is 6.90. The zero-order valence-corrected chi connectivity index (χ0v) is 15.6. The molecule has 0 radical (unpaired) electrons. The van der Waals surface area contributed by atoms with Crippen molar-refractivity contribution in [1.29, 1.82) is 0 Å². The van der Waals surface area contributed by atoms with Gasteiger partial charge in [0.05, 0.1) is 28.5 Å². The van der Waals surface area contributed by atoms with Crippen LogP contribution < -0.4 is 5.56 Å². The Labute approximate surface area is 159 Å². The predicted octanol–water partition coefficient (Wildman–Crippen LogP) is 2.88. The van der Waals surface area contributed by atoms with Crippen LogP contribution in [0.25, 0.3) is 27.7 Å². The molecule has 8 nitrogen and oxygen atoms in total. The molecule has 5 rings (SSSR count). The zero-order chi connectivity index (χ0) is 19.3. The summed E-state index contributed by atoms with van der Waals surface area (Å²) in [6.45, 7) is 4.15. The van der Waals surface area contributed by atoms with E-state index in [4.69, 9.17) is 0 Å². The second kappa shape index (κ2) is 6.26. The van der Waals surface area contributed by atoms with Gasteiger partial charge in [0.15, 0.2) is 11.5 Å². The summed E-state index contributed by atoms with van der Waals surface area (Å²) in [5.74, 6) is 1.15. The minimum Gasteiger partial charge on any atom is -0.290 e. The van der Waals surface area contributed by atoms with E-state index >= 15 is 0 Å². The van der Waals surface area contributed by atoms with Crippen LogP contribution in [0.3, 0.4) is 0 Å². The molecule has 0 fully saturated rings. The Morgan fingerprint density at radius 2 is 1.96 bits per heavy atom. The number of fused-ring (bicyclic) bond motifs is 5. The van der Waals surface area contributed by atoms with Crippen LogP contribution >= 0.6 is 0 Å². The lowest BCUT2D eigenvalue weighted by atomic mass is 10.1. The number of aromatic nitrogens is 7. The number of benzene rings is 1. The Morgan fingerprint density at radius 3 is 2.75 bits per heavy atom. The van der Waals surface area contributed by atoms with Gasteiger partial charge in [-0.15, -0.1) is 5.10 Å². The highest BCUT2D eigenvalue weighted by atomic mass is 16.1. The molecule has 4 aromatic heterocycles. The molecule has 1 aromatic carbocycles. The molecule has 1 N–H and O–H groups in total. The summed E-state index contributed by atoms with van der Waals surface area (Å²) in [7, 11) is 0. The molecule has 0 aliphatic rings. The molecule has 0 amide bonds. The van der Waals surface area contributed by atoms with Gasteiger partial charge in [-0.25, -0.2) is 9.67 Å². The Balaban J connectivity index is 1.80. The van der Waals surface area contributed by atoms with Gasteiger partial charge >= 0.3 is 0 Å². The van der Waals surface area contributed by atoms with E-state index in [1.807, 2.05) is 22.9 Å². The summed E-state index contributed by atoms with van der Waals surface area (Å²) < 4.78 is 3.58. The highest BCUT2D eigenvalue weighted by Crippen LogP contribution is 2.26. The summed E-state index contributed by atoms with van der Waals surface area (Å²) in [5, 5.41) is 10.4. The summed E-state index contributed by atoms with van der Waals surface area (Å²) in [4.78, 5) is 24.4. The number of nitrogens with zero attached hydrogens (tertiary/aromatic N) is 6. The van der Waals surface area contributed by atoms with Gasteiger partial charge in [0.25, 0.3) is 5.56 Å². The third-order valence-electron chi connectivity index (χ3n) is 5.05. The van der Waals surface area contributed by atoms with E-state index in [0.717, 1.165) is 23.8 Å². The van der Waals surface area contributed by atoms with Gasteiger partial charge in [0.2, 0.25) is 5.78 Å². The molecule has 0 aliphatic carbocycles. The molecule has 8 heteroatoms. The van der Waals surface area contributed by atoms with Gasteiger partial charge in [0.1, 0.15) is 0 Å². The van der Waals surface area contributed by atoms with E-state index in [2.05, 4.69) is 51.1 Å². The van der Waals surface area contributed by atoms with Crippen molar-refractivity contribution in [3.05, 3.63) is 64.5 Å². The lowest BCUT2D eigenvalue weighted by molar-refractivity contribution is 0.579. The second-order valence-corrected chi connectivity index (χ2v) is 6.90. The Bertz CT molecular complexity index is 1360. The van der Waals surface area contributed by atoms with E-state index in [1.165, 1.54) is 0 Å². The number of rotatable bonds is 4. The quantitative estimate of drug-likeness (QED) is 0.523. The molecule has 1 unspecified atom stereocenters. The first-order chi connectivity index (χ1) is 13.7. The van der Waals surface area contributed by atoms with Crippen LogP contribution in [0, 0.1) is 0 Å². The molecule has 140 valence electrons. The number of H-pyrrole nitrogens is 1. The van der Waals surface area contributed by atoms with Gasteiger partial charge in [-0.1, -0.05) is 37.3 Å². The fraction of sp³-hybridized carbons (Fsp3) is 0.250. The average Bonchev–Trinajstić information content (AvgIpc) is 3.32. The van der Waals surface area contributed by atoms with Crippen LogP contribution in [0.5, 0.6) is 0 Å². The third-order valence-corrected chi connectivity index (χ3v) is 5.05. The maximum atomic E-state index is 12.6. The highest BCUT2D eigenvalue weighted by Gasteiger charge is 2.18. The topological polar surface area (TPSA) is 93.8 Å². The SMILES string of the molecule is CCCc1nc2[nH]c(=O)c3cnc4c(cnn4C(C)c4ccccc4)c3n2n1. The number of nitrogens with one attached hydrogen (secondary N) is 1. The Hall–Kier alpha value is -3.55. The van der Waals surface area contributed by atoms with Gasteiger partial charge in [-0.3, -0.25) is 9.78 Å². The average molecular weight is 373 g/mol. The van der Waals surface area contributed by atoms with Crippen LogP contribution in [0.2, 0.25) is 0 Å². The van der Waals surface area contributed by atoms with Crippen LogP contribution in [0.1, 0.15) is 37.7 Å². The standard InChI is InChI=1S/C20H19N7O/c1-3-7-16-23-20-24-19(28)15-10-21-18-14(17(15)27(20)25-16)11-22-26(18)12(2)13-8-5-4-6-9-13/h4-6,8-12H,3,7H2,1-2H3,(H,23,24,25,28). The molecular weight excluding hydrogens is 354 g/mol. The fourth-order valence-electron chi connectivity index (χ4n) is 3.62. The maximum absolute atomic E-state index is 12.6. The smallest absolute Gasteiger partial charge is 0.261 e. The number of aryl methyl sites for hydroxylation is 1. The lowest BCUT2D eigenvalue weighted by Crippen LogP contribution is -2.12. The molecule has 28 heavy (non-hydrogen) atoms. The van der Waals surface area contributed by atoms with Crippen molar-refractivity contribution in [2.24, 2.45) is 0 Å². The van der Waals surface area contributed by atoms with Crippen molar-refractivity contribution >= 4 is 27.7 Å². The zero-order valence-electron chi connectivity index (χ0n) is 15.6. The van der Waals surface area contributed by atoms with Crippen molar-refractivity contribution in [3.63, 3.8) is 0 Å². The minimum absolute atomic E-state index is 0.00698. The van der Waals surface area contributed by atoms with Crippen LogP contribution in [0.15, 0.2) is 47.5 Å². The number of pyridine rings is 1. The van der Waals surface area contributed by atoms with Gasteiger partial charge in [0, 0.05) is 12.6 Å². The van der Waals surface area contributed by atoms with Crippen molar-refractivity contribution < 1.29 is 0 Å².